The summed E-state index contributed by atoms with van der Waals surface area (Å²) in [5.41, 5.74) is 2.41. The lowest BCUT2D eigenvalue weighted by Gasteiger charge is -2.35. The molecule has 1 saturated heterocycles. The number of carbonyl (C=O) groups is 1. The lowest BCUT2D eigenvalue weighted by Crippen LogP contribution is -2.47. The molecule has 1 N–H and O–H groups in total. The third-order valence-corrected chi connectivity index (χ3v) is 5.86. The van der Waals surface area contributed by atoms with Crippen LogP contribution in [0.25, 0.3) is 0 Å². The van der Waals surface area contributed by atoms with Crippen LogP contribution in [-0.4, -0.2) is 35.8 Å². The molecule has 0 bridgehead atoms. The van der Waals surface area contributed by atoms with Gasteiger partial charge in [-0.25, -0.2) is 0 Å². The van der Waals surface area contributed by atoms with E-state index in [1.807, 2.05) is 39.0 Å². The van der Waals surface area contributed by atoms with E-state index in [9.17, 15) is 9.59 Å². The van der Waals surface area contributed by atoms with Crippen molar-refractivity contribution in [1.82, 2.24) is 9.88 Å². The first kappa shape index (κ1) is 23.2. The summed E-state index contributed by atoms with van der Waals surface area (Å²) >= 11 is 0. The maximum Gasteiger partial charge on any atom is 0.257 e. The fourth-order valence-corrected chi connectivity index (χ4v) is 4.37. The number of hydrogen-bond acceptors (Lipinski definition) is 4. The van der Waals surface area contributed by atoms with E-state index in [4.69, 9.17) is 9.47 Å². The number of hydrogen-bond donors (Lipinski definition) is 1. The van der Waals surface area contributed by atoms with Crippen LogP contribution in [0.2, 0.25) is 0 Å². The van der Waals surface area contributed by atoms with Crippen LogP contribution in [-0.2, 0) is 29.0 Å². The van der Waals surface area contributed by atoms with Crippen molar-refractivity contribution in [3.8, 4) is 0 Å². The second-order valence-electron chi connectivity index (χ2n) is 8.92. The number of rotatable bonds is 8. The highest BCUT2D eigenvalue weighted by Gasteiger charge is 2.31. The van der Waals surface area contributed by atoms with Crippen molar-refractivity contribution < 1.29 is 14.3 Å². The molecule has 2 aromatic rings. The molecule has 1 aromatic carbocycles. The first-order valence-corrected chi connectivity index (χ1v) is 11.0. The maximum absolute atomic E-state index is 13.2. The highest BCUT2D eigenvalue weighted by atomic mass is 16.5. The Hall–Kier alpha value is -2.44. The van der Waals surface area contributed by atoms with Crippen LogP contribution in [0.3, 0.4) is 0 Å². The molecule has 1 unspecified atom stereocenters. The molecule has 1 aliphatic rings. The van der Waals surface area contributed by atoms with Gasteiger partial charge in [-0.05, 0) is 52.0 Å². The van der Waals surface area contributed by atoms with Gasteiger partial charge in [0, 0.05) is 38.1 Å². The normalized spacial score (nSPS) is 18.0. The summed E-state index contributed by atoms with van der Waals surface area (Å²) in [6, 6.07) is 11.9. The van der Waals surface area contributed by atoms with Crippen LogP contribution >= 0.6 is 0 Å². The Balaban J connectivity index is 1.82. The van der Waals surface area contributed by atoms with Crippen LogP contribution in [0.15, 0.2) is 41.2 Å². The number of aromatic nitrogens is 1. The largest absolute Gasteiger partial charge is 0.378 e. The molecule has 1 aromatic heterocycles. The number of methoxy groups -OCH3 is 1. The summed E-state index contributed by atoms with van der Waals surface area (Å²) in [5.74, 6) is -0.323. The highest BCUT2D eigenvalue weighted by Crippen LogP contribution is 2.24. The summed E-state index contributed by atoms with van der Waals surface area (Å²) in [7, 11) is 1.59. The van der Waals surface area contributed by atoms with Gasteiger partial charge in [0.05, 0.1) is 17.9 Å². The third-order valence-electron chi connectivity index (χ3n) is 5.86. The molecule has 168 valence electrons. The van der Waals surface area contributed by atoms with E-state index in [0.717, 1.165) is 31.4 Å². The van der Waals surface area contributed by atoms with E-state index in [1.165, 1.54) is 5.56 Å². The van der Waals surface area contributed by atoms with Gasteiger partial charge in [-0.3, -0.25) is 9.59 Å². The minimum atomic E-state index is -0.323. The standard InChI is InChI=1S/C25H34N2O4/c1-18-15-22(28)23(24(29)26-20-12-14-31-25(2,3)16-20)21(17-30-4)27(18)13-8-11-19-9-6-5-7-10-19/h5-7,9-10,15,20H,8,11-14,16-17H2,1-4H3,(H,26,29). The molecule has 2 heterocycles. The molecule has 0 spiro atoms. The Morgan fingerprint density at radius 1 is 1.29 bits per heavy atom. The molecule has 31 heavy (non-hydrogen) atoms. The molecule has 0 saturated carbocycles. The lowest BCUT2D eigenvalue weighted by molar-refractivity contribution is -0.0615. The molecule has 1 fully saturated rings. The Morgan fingerprint density at radius 3 is 2.71 bits per heavy atom. The number of pyridine rings is 1. The van der Waals surface area contributed by atoms with Crippen molar-refractivity contribution in [2.45, 2.75) is 71.2 Å². The van der Waals surface area contributed by atoms with E-state index >= 15 is 0 Å². The van der Waals surface area contributed by atoms with Crippen LogP contribution < -0.4 is 10.7 Å². The predicted octanol–water partition coefficient (Wildman–Crippen LogP) is 3.62. The monoisotopic (exact) mass is 426 g/mol. The average molecular weight is 427 g/mol. The van der Waals surface area contributed by atoms with E-state index in [-0.39, 0.29) is 35.1 Å². The summed E-state index contributed by atoms with van der Waals surface area (Å²) in [5, 5.41) is 3.07. The van der Waals surface area contributed by atoms with Gasteiger partial charge in [0.25, 0.3) is 5.91 Å². The predicted molar refractivity (Wildman–Crippen MR) is 121 cm³/mol. The van der Waals surface area contributed by atoms with Crippen LogP contribution in [0.1, 0.15) is 60.4 Å². The zero-order valence-electron chi connectivity index (χ0n) is 19.1. The summed E-state index contributed by atoms with van der Waals surface area (Å²) < 4.78 is 13.2. The molecular weight excluding hydrogens is 392 g/mol. The van der Waals surface area contributed by atoms with Crippen molar-refractivity contribution >= 4 is 5.91 Å². The summed E-state index contributed by atoms with van der Waals surface area (Å²) in [6.45, 7) is 7.47. The van der Waals surface area contributed by atoms with Crippen LogP contribution in [0.5, 0.6) is 0 Å². The van der Waals surface area contributed by atoms with Gasteiger partial charge in [0.1, 0.15) is 5.56 Å². The van der Waals surface area contributed by atoms with E-state index < -0.39 is 0 Å². The van der Waals surface area contributed by atoms with E-state index in [1.54, 1.807) is 13.2 Å². The van der Waals surface area contributed by atoms with Crippen molar-refractivity contribution in [1.29, 1.82) is 0 Å². The van der Waals surface area contributed by atoms with Crippen molar-refractivity contribution in [3.05, 3.63) is 69.1 Å². The quantitative estimate of drug-likeness (QED) is 0.700. The van der Waals surface area contributed by atoms with E-state index in [0.29, 0.717) is 18.8 Å². The molecule has 1 aliphatic heterocycles. The van der Waals surface area contributed by atoms with Gasteiger partial charge in [-0.1, -0.05) is 30.3 Å². The van der Waals surface area contributed by atoms with Crippen molar-refractivity contribution in [2.24, 2.45) is 0 Å². The van der Waals surface area contributed by atoms with Crippen molar-refractivity contribution in [3.63, 3.8) is 0 Å². The zero-order valence-corrected chi connectivity index (χ0v) is 19.1. The van der Waals surface area contributed by atoms with Crippen LogP contribution in [0.4, 0.5) is 0 Å². The zero-order chi connectivity index (χ0) is 22.4. The van der Waals surface area contributed by atoms with E-state index in [2.05, 4.69) is 22.0 Å². The van der Waals surface area contributed by atoms with Gasteiger partial charge in [-0.15, -0.1) is 0 Å². The Labute approximate surface area is 184 Å². The van der Waals surface area contributed by atoms with Gasteiger partial charge in [-0.2, -0.15) is 0 Å². The van der Waals surface area contributed by atoms with Gasteiger partial charge in [0.2, 0.25) is 0 Å². The Morgan fingerprint density at radius 2 is 2.03 bits per heavy atom. The maximum atomic E-state index is 13.2. The second kappa shape index (κ2) is 10.2. The Kier molecular flexibility index (Phi) is 7.68. The topological polar surface area (TPSA) is 69.6 Å². The van der Waals surface area contributed by atoms with Gasteiger partial charge in [0.15, 0.2) is 5.43 Å². The first-order chi connectivity index (χ1) is 14.8. The fourth-order valence-electron chi connectivity index (χ4n) is 4.37. The number of amides is 1. The Bertz CT molecular complexity index is 950. The van der Waals surface area contributed by atoms with Crippen LogP contribution in [0, 0.1) is 6.92 Å². The minimum absolute atomic E-state index is 0.0149. The molecule has 0 aliphatic carbocycles. The molecule has 3 rings (SSSR count). The first-order valence-electron chi connectivity index (χ1n) is 11.0. The number of ether oxygens (including phenoxy) is 2. The molecular formula is C25H34N2O4. The number of nitrogens with zero attached hydrogens (tertiary/aromatic N) is 1. The van der Waals surface area contributed by atoms with Gasteiger partial charge < -0.3 is 19.4 Å². The SMILES string of the molecule is COCc1c(C(=O)NC2CCOC(C)(C)C2)c(=O)cc(C)n1CCCc1ccccc1. The number of nitrogens with one attached hydrogen (secondary N) is 1. The van der Waals surface area contributed by atoms with Crippen molar-refractivity contribution in [2.75, 3.05) is 13.7 Å². The number of benzene rings is 1. The lowest BCUT2D eigenvalue weighted by atomic mass is 9.93. The molecule has 1 atom stereocenters. The summed E-state index contributed by atoms with van der Waals surface area (Å²) in [4.78, 5) is 26.0. The third kappa shape index (κ3) is 6.05. The molecule has 0 radical (unpaired) electrons. The number of aryl methyl sites for hydroxylation is 2. The highest BCUT2D eigenvalue weighted by molar-refractivity contribution is 5.95. The molecule has 6 heteroatoms. The minimum Gasteiger partial charge on any atom is -0.378 e. The molecule has 1 amide bonds. The number of carbonyl (C=O) groups excluding carboxylic acids is 1. The summed E-state index contributed by atoms with van der Waals surface area (Å²) in [6.07, 6.45) is 3.29. The smallest absolute Gasteiger partial charge is 0.257 e. The van der Waals surface area contributed by atoms with Gasteiger partial charge >= 0.3 is 0 Å². The second-order valence-corrected chi connectivity index (χ2v) is 8.92. The average Bonchev–Trinajstić information content (AvgIpc) is 2.70. The molecule has 6 nitrogen and oxygen atoms in total. The fraction of sp³-hybridized carbons (Fsp3) is 0.520.